The van der Waals surface area contributed by atoms with Crippen LogP contribution in [-0.4, -0.2) is 48.4 Å². The Hall–Kier alpha value is -3.40. The molecule has 0 saturated heterocycles. The molecule has 0 fully saturated rings. The first-order valence-electron chi connectivity index (χ1n) is 9.06. The highest BCUT2D eigenvalue weighted by molar-refractivity contribution is 8.01. The van der Waals surface area contributed by atoms with Gasteiger partial charge < -0.3 is 20.7 Å². The summed E-state index contributed by atoms with van der Waals surface area (Å²) in [6.07, 6.45) is 0. The molecule has 0 atom stereocenters. The van der Waals surface area contributed by atoms with Gasteiger partial charge in [-0.25, -0.2) is 9.98 Å². The summed E-state index contributed by atoms with van der Waals surface area (Å²) in [6.45, 7) is 7.29. The largest absolute Gasteiger partial charge is 0.497 e. The van der Waals surface area contributed by atoms with Gasteiger partial charge in [-0.1, -0.05) is 0 Å². The molecule has 2 heterocycles. The number of pyridine rings is 1. The van der Waals surface area contributed by atoms with Crippen molar-refractivity contribution >= 4 is 53.6 Å². The van der Waals surface area contributed by atoms with Gasteiger partial charge in [0.1, 0.15) is 17.4 Å². The maximum absolute atomic E-state index is 12.2. The first kappa shape index (κ1) is 21.3. The summed E-state index contributed by atoms with van der Waals surface area (Å²) in [5.41, 5.74) is 0.770. The van der Waals surface area contributed by atoms with Crippen molar-refractivity contribution in [1.82, 2.24) is 4.98 Å². The molecular formula is C20H23N7O2S. The molecule has 0 spiro atoms. The van der Waals surface area contributed by atoms with Gasteiger partial charge in [0, 0.05) is 12.7 Å². The molecule has 0 saturated carbocycles. The number of hydrogen-bond donors (Lipinski definition) is 3. The first-order valence-corrected chi connectivity index (χ1v) is 9.88. The minimum atomic E-state index is -0.540. The number of thioether (sulfide) groups is 1. The van der Waals surface area contributed by atoms with Crippen LogP contribution in [0, 0.1) is 0 Å². The average Bonchev–Trinajstić information content (AvgIpc) is 2.74. The Balaban J connectivity index is 1.75. The zero-order valence-corrected chi connectivity index (χ0v) is 18.0. The lowest BCUT2D eigenvalue weighted by Crippen LogP contribution is -2.37. The number of benzene rings is 1. The van der Waals surface area contributed by atoms with Crippen LogP contribution in [0.25, 0.3) is 0 Å². The van der Waals surface area contributed by atoms with Crippen LogP contribution >= 0.6 is 11.8 Å². The van der Waals surface area contributed by atoms with E-state index < -0.39 is 4.75 Å². The van der Waals surface area contributed by atoms with Gasteiger partial charge in [-0.05, 0) is 57.0 Å². The standard InChI is InChI=1S/C20H23N7O2S/c1-20(2)17(28)26-16-14(30-20)10-11-15(24-16)25-19(22-4)27-18(21-3)23-12-6-8-13(29-5)9-7-12/h6-11H,3H2,1-2,4-5H3,(H3,22,23,24,25,26,27,28). The van der Waals surface area contributed by atoms with Crippen molar-refractivity contribution in [2.45, 2.75) is 23.5 Å². The normalized spacial score (nSPS) is 15.7. The molecule has 1 amide bonds. The summed E-state index contributed by atoms with van der Waals surface area (Å²) in [7, 11) is 3.20. The number of rotatable bonds is 3. The Labute approximate surface area is 179 Å². The number of guanidine groups is 2. The Bertz CT molecular complexity index is 1020. The van der Waals surface area contributed by atoms with Crippen molar-refractivity contribution < 1.29 is 9.53 Å². The summed E-state index contributed by atoms with van der Waals surface area (Å²) in [6, 6.07) is 11.0. The maximum atomic E-state index is 12.2. The second-order valence-corrected chi connectivity index (χ2v) is 8.39. The summed E-state index contributed by atoms with van der Waals surface area (Å²) in [4.78, 5) is 29.9. The van der Waals surface area contributed by atoms with Gasteiger partial charge in [-0.3, -0.25) is 9.79 Å². The van der Waals surface area contributed by atoms with E-state index in [1.54, 1.807) is 20.2 Å². The van der Waals surface area contributed by atoms with E-state index in [2.05, 4.69) is 42.6 Å². The number of nitrogens with zero attached hydrogens (tertiary/aromatic N) is 4. The fraction of sp³-hybridized carbons (Fsp3) is 0.250. The maximum Gasteiger partial charge on any atom is 0.241 e. The Kier molecular flexibility index (Phi) is 6.36. The van der Waals surface area contributed by atoms with E-state index in [9.17, 15) is 4.79 Å². The fourth-order valence-electron chi connectivity index (χ4n) is 2.52. The van der Waals surface area contributed by atoms with Gasteiger partial charge in [-0.2, -0.15) is 4.99 Å². The van der Waals surface area contributed by atoms with Gasteiger partial charge in [0.15, 0.2) is 0 Å². The number of fused-ring (bicyclic) bond motifs is 1. The summed E-state index contributed by atoms with van der Waals surface area (Å²) in [5, 5.41) is 8.92. The highest BCUT2D eigenvalue weighted by Gasteiger charge is 2.35. The molecule has 10 heteroatoms. The number of aliphatic imine (C=N–C) groups is 3. The number of amides is 1. The number of carbonyl (C=O) groups is 1. The summed E-state index contributed by atoms with van der Waals surface area (Å²) < 4.78 is 4.61. The molecule has 3 N–H and O–H groups in total. The zero-order valence-electron chi connectivity index (χ0n) is 17.2. The number of nitrogens with one attached hydrogen (secondary N) is 3. The highest BCUT2D eigenvalue weighted by Crippen LogP contribution is 2.41. The van der Waals surface area contributed by atoms with E-state index in [-0.39, 0.29) is 17.8 Å². The first-order chi connectivity index (χ1) is 14.3. The van der Waals surface area contributed by atoms with Gasteiger partial charge >= 0.3 is 0 Å². The molecule has 0 radical (unpaired) electrons. The molecule has 9 nitrogen and oxygen atoms in total. The monoisotopic (exact) mass is 425 g/mol. The van der Waals surface area contributed by atoms with E-state index in [4.69, 9.17) is 4.74 Å². The van der Waals surface area contributed by atoms with Crippen LogP contribution in [0.4, 0.5) is 17.3 Å². The molecule has 1 aliphatic heterocycles. The number of ether oxygens (including phenoxy) is 1. The molecule has 2 aromatic rings. The van der Waals surface area contributed by atoms with Crippen molar-refractivity contribution in [3.05, 3.63) is 36.4 Å². The topological polar surface area (TPSA) is 112 Å². The van der Waals surface area contributed by atoms with E-state index in [0.717, 1.165) is 16.3 Å². The van der Waals surface area contributed by atoms with E-state index in [1.807, 2.05) is 44.2 Å². The Morgan fingerprint density at radius 1 is 1.17 bits per heavy atom. The van der Waals surface area contributed by atoms with Crippen LogP contribution in [-0.2, 0) is 4.79 Å². The third-order valence-corrected chi connectivity index (χ3v) is 5.41. The molecule has 3 rings (SSSR count). The highest BCUT2D eigenvalue weighted by atomic mass is 32.2. The number of methoxy groups -OCH3 is 1. The van der Waals surface area contributed by atoms with E-state index in [1.165, 1.54) is 11.8 Å². The Morgan fingerprint density at radius 2 is 1.90 bits per heavy atom. The van der Waals surface area contributed by atoms with Gasteiger partial charge in [0.25, 0.3) is 0 Å². The van der Waals surface area contributed by atoms with Crippen LogP contribution in [0.3, 0.4) is 0 Å². The van der Waals surface area contributed by atoms with E-state index in [0.29, 0.717) is 11.6 Å². The van der Waals surface area contributed by atoms with Crippen LogP contribution in [0.2, 0.25) is 0 Å². The van der Waals surface area contributed by atoms with Gasteiger partial charge in [0.2, 0.25) is 17.8 Å². The molecule has 0 aliphatic carbocycles. The molecule has 1 aromatic heterocycles. The van der Waals surface area contributed by atoms with Crippen molar-refractivity contribution in [2.24, 2.45) is 15.0 Å². The van der Waals surface area contributed by atoms with Crippen LogP contribution in [0.1, 0.15) is 13.8 Å². The molecule has 156 valence electrons. The summed E-state index contributed by atoms with van der Waals surface area (Å²) in [5.74, 6) is 2.20. The van der Waals surface area contributed by atoms with Gasteiger partial charge in [-0.15, -0.1) is 11.8 Å². The second kappa shape index (κ2) is 8.95. The Morgan fingerprint density at radius 3 is 2.53 bits per heavy atom. The number of carbonyl (C=O) groups excluding carboxylic acids is 1. The minimum Gasteiger partial charge on any atom is -0.497 e. The lowest BCUT2D eigenvalue weighted by atomic mass is 10.2. The predicted octanol–water partition coefficient (Wildman–Crippen LogP) is 3.48. The SMILES string of the molecule is C=NC(=NC(=NC)Nc1ccc2c(n1)NC(=O)C(C)(C)S2)Nc1ccc(OC)cc1. The second-order valence-electron chi connectivity index (χ2n) is 6.73. The van der Waals surface area contributed by atoms with Crippen molar-refractivity contribution in [2.75, 3.05) is 30.1 Å². The molecule has 1 aliphatic rings. The number of hydrogen-bond acceptors (Lipinski definition) is 5. The fourth-order valence-corrected chi connectivity index (χ4v) is 3.55. The minimum absolute atomic E-state index is 0.0890. The third kappa shape index (κ3) is 4.95. The van der Waals surface area contributed by atoms with Crippen LogP contribution in [0.5, 0.6) is 5.75 Å². The number of anilines is 3. The smallest absolute Gasteiger partial charge is 0.241 e. The van der Waals surface area contributed by atoms with Gasteiger partial charge in [0.05, 0.1) is 16.8 Å². The van der Waals surface area contributed by atoms with E-state index >= 15 is 0 Å². The molecule has 1 aromatic carbocycles. The predicted molar refractivity (Wildman–Crippen MR) is 123 cm³/mol. The quantitative estimate of drug-likeness (QED) is 0.513. The van der Waals surface area contributed by atoms with Crippen LogP contribution < -0.4 is 20.7 Å². The van der Waals surface area contributed by atoms with Crippen LogP contribution in [0.15, 0.2) is 56.3 Å². The lowest BCUT2D eigenvalue weighted by molar-refractivity contribution is -0.117. The third-order valence-electron chi connectivity index (χ3n) is 4.16. The number of aromatic nitrogens is 1. The molecule has 0 unspecified atom stereocenters. The molecular weight excluding hydrogens is 402 g/mol. The molecule has 0 bridgehead atoms. The van der Waals surface area contributed by atoms with Crippen molar-refractivity contribution in [3.63, 3.8) is 0 Å². The van der Waals surface area contributed by atoms with Crippen molar-refractivity contribution in [1.29, 1.82) is 0 Å². The average molecular weight is 426 g/mol. The van der Waals surface area contributed by atoms with Crippen molar-refractivity contribution in [3.8, 4) is 5.75 Å². The molecule has 30 heavy (non-hydrogen) atoms. The lowest BCUT2D eigenvalue weighted by Gasteiger charge is -2.29. The summed E-state index contributed by atoms with van der Waals surface area (Å²) >= 11 is 1.47. The zero-order chi connectivity index (χ0) is 21.7.